The lowest BCUT2D eigenvalue weighted by atomic mass is 9.93. The van der Waals surface area contributed by atoms with Crippen molar-refractivity contribution in [2.75, 3.05) is 52.4 Å². The van der Waals surface area contributed by atoms with Crippen molar-refractivity contribution in [2.45, 2.75) is 38.0 Å². The maximum Gasteiger partial charge on any atom is 0.416 e. The molecule has 2 saturated heterocycles. The van der Waals surface area contributed by atoms with Crippen LogP contribution >= 0.6 is 23.2 Å². The van der Waals surface area contributed by atoms with Crippen molar-refractivity contribution in [3.63, 3.8) is 0 Å². The van der Waals surface area contributed by atoms with Gasteiger partial charge in [0.15, 0.2) is 0 Å². The molecule has 1 N–H and O–H groups in total. The van der Waals surface area contributed by atoms with Crippen LogP contribution in [0.2, 0.25) is 10.0 Å². The number of ether oxygens (including phenoxy) is 1. The Morgan fingerprint density at radius 2 is 1.50 bits per heavy atom. The van der Waals surface area contributed by atoms with E-state index in [1.165, 1.54) is 11.0 Å². The molecule has 0 saturated carbocycles. The van der Waals surface area contributed by atoms with Gasteiger partial charge in [0.25, 0.3) is 0 Å². The topological polar surface area (TPSA) is 106 Å². The molecule has 3 unspecified atom stereocenters. The van der Waals surface area contributed by atoms with E-state index < -0.39 is 41.7 Å². The zero-order valence-electron chi connectivity index (χ0n) is 28.4. The fourth-order valence-corrected chi connectivity index (χ4v) is 7.26. The average molecular weight is 761 g/mol. The van der Waals surface area contributed by atoms with E-state index in [1.54, 1.807) is 65.3 Å². The van der Waals surface area contributed by atoms with Crippen molar-refractivity contribution in [1.29, 1.82) is 0 Å². The van der Waals surface area contributed by atoms with Crippen molar-refractivity contribution < 1.29 is 37.4 Å². The third kappa shape index (κ3) is 8.16. The number of amides is 3. The normalized spacial score (nSPS) is 21.2. The molecule has 3 heterocycles. The van der Waals surface area contributed by atoms with E-state index in [0.717, 1.165) is 17.7 Å². The van der Waals surface area contributed by atoms with Gasteiger partial charge in [-0.05, 0) is 79.9 Å². The number of aliphatic carboxylic acids is 1. The van der Waals surface area contributed by atoms with Crippen LogP contribution in [0.5, 0.6) is 5.75 Å². The van der Waals surface area contributed by atoms with Gasteiger partial charge in [0.2, 0.25) is 5.91 Å². The highest BCUT2D eigenvalue weighted by molar-refractivity contribution is 6.30. The second-order valence-corrected chi connectivity index (χ2v) is 13.9. The lowest BCUT2D eigenvalue weighted by Crippen LogP contribution is -2.56. The summed E-state index contributed by atoms with van der Waals surface area (Å²) in [6.45, 7) is 3.65. The van der Waals surface area contributed by atoms with Gasteiger partial charge in [-0.15, -0.1) is 0 Å². The number of piperazine rings is 1. The molecular formula is C37H38Cl2F3N5O5. The molecule has 3 aromatic carbocycles. The van der Waals surface area contributed by atoms with Gasteiger partial charge < -0.3 is 19.6 Å². The highest BCUT2D eigenvalue weighted by Crippen LogP contribution is 2.46. The molecule has 3 amide bonds. The Balaban J connectivity index is 1.33. The van der Waals surface area contributed by atoms with Gasteiger partial charge in [-0.1, -0.05) is 47.5 Å². The Labute approximate surface area is 309 Å². The van der Waals surface area contributed by atoms with Crippen LogP contribution in [0.1, 0.15) is 54.1 Å². The summed E-state index contributed by atoms with van der Waals surface area (Å²) in [5.74, 6) is -1.45. The Bertz CT molecular complexity index is 1820. The molecule has 0 radical (unpaired) electrons. The Morgan fingerprint density at radius 1 is 0.885 bits per heavy atom. The van der Waals surface area contributed by atoms with Gasteiger partial charge in [-0.2, -0.15) is 13.2 Å². The first-order valence-electron chi connectivity index (χ1n) is 17.1. The number of carbonyl (C=O) groups is 3. The minimum Gasteiger partial charge on any atom is -0.493 e. The number of carboxylic acid groups (broad SMARTS) is 1. The largest absolute Gasteiger partial charge is 0.493 e. The van der Waals surface area contributed by atoms with E-state index in [0.29, 0.717) is 41.5 Å². The van der Waals surface area contributed by atoms with Crippen LogP contribution in [0, 0.1) is 5.92 Å². The average Bonchev–Trinajstić information content (AvgIpc) is 3.52. The highest BCUT2D eigenvalue weighted by Gasteiger charge is 2.45. The highest BCUT2D eigenvalue weighted by atomic mass is 35.5. The molecule has 0 aliphatic carbocycles. The van der Waals surface area contributed by atoms with Crippen LogP contribution < -0.4 is 4.74 Å². The number of benzene rings is 3. The third-order valence-electron chi connectivity index (χ3n) is 9.66. The molecule has 3 aromatic rings. The number of urea groups is 1. The fourth-order valence-electron chi connectivity index (χ4n) is 7.00. The summed E-state index contributed by atoms with van der Waals surface area (Å²) in [5, 5.41) is 10.4. The molecule has 276 valence electrons. The van der Waals surface area contributed by atoms with Gasteiger partial charge in [0.05, 0.1) is 36.2 Å². The molecule has 0 spiro atoms. The number of aliphatic imine (C=N–C) groups is 1. The number of amidine groups is 1. The Morgan fingerprint density at radius 3 is 2.10 bits per heavy atom. The van der Waals surface area contributed by atoms with E-state index in [9.17, 15) is 32.7 Å². The molecule has 10 nitrogen and oxygen atoms in total. The minimum absolute atomic E-state index is 0.0706. The molecule has 52 heavy (non-hydrogen) atoms. The van der Waals surface area contributed by atoms with E-state index in [4.69, 9.17) is 32.9 Å². The second kappa shape index (κ2) is 15.7. The van der Waals surface area contributed by atoms with Crippen LogP contribution in [0.15, 0.2) is 71.7 Å². The number of halogens is 5. The summed E-state index contributed by atoms with van der Waals surface area (Å²) < 4.78 is 47.2. The number of nitrogens with zero attached hydrogens (tertiary/aromatic N) is 5. The molecule has 15 heteroatoms. The lowest BCUT2D eigenvalue weighted by Gasteiger charge is -2.40. The summed E-state index contributed by atoms with van der Waals surface area (Å²) >= 11 is 12.5. The monoisotopic (exact) mass is 759 g/mol. The second-order valence-electron chi connectivity index (χ2n) is 13.0. The number of carboxylic acids is 1. The molecular weight excluding hydrogens is 722 g/mol. The summed E-state index contributed by atoms with van der Waals surface area (Å²) in [4.78, 5) is 51.3. The molecule has 6 rings (SSSR count). The van der Waals surface area contributed by atoms with Crippen molar-refractivity contribution in [3.8, 4) is 5.75 Å². The predicted molar refractivity (Wildman–Crippen MR) is 190 cm³/mol. The fraction of sp³-hybridized carbons (Fsp3) is 0.405. The first-order valence-corrected chi connectivity index (χ1v) is 17.8. The maximum absolute atomic E-state index is 14.8. The van der Waals surface area contributed by atoms with E-state index in [1.807, 2.05) is 4.90 Å². The molecule has 2 fully saturated rings. The predicted octanol–water partition coefficient (Wildman–Crippen LogP) is 7.02. The standard InChI is InChI=1S/C37H38Cl2F3N5O5/c1-2-52-30-20-26(37(40,41)42)9-14-29(30)34-43-32(23-5-10-27(38)11-6-23)33(24-7-12-28(39)13-8-24)47(34)36(51)46-18-16-45(17-19-46)31(48)22-44-15-3-4-25(21-44)35(49)50/h5-14,20,25,32-33H,2-4,15-19,21-22H2,1H3,(H,49,50). The van der Waals surface area contributed by atoms with Crippen LogP contribution in [0.25, 0.3) is 0 Å². The zero-order valence-corrected chi connectivity index (χ0v) is 29.9. The van der Waals surface area contributed by atoms with Crippen LogP contribution in [-0.4, -0.2) is 101 Å². The number of likely N-dealkylation sites (tertiary alicyclic amines) is 1. The summed E-state index contributed by atoms with van der Waals surface area (Å²) in [6.07, 6.45) is -3.35. The maximum atomic E-state index is 14.8. The molecule has 0 bridgehead atoms. The number of carbonyl (C=O) groups excluding carboxylic acids is 2. The summed E-state index contributed by atoms with van der Waals surface area (Å²) in [7, 11) is 0. The van der Waals surface area contributed by atoms with Gasteiger partial charge in [0.1, 0.15) is 17.6 Å². The van der Waals surface area contributed by atoms with Crippen molar-refractivity contribution >= 4 is 46.9 Å². The number of alkyl halides is 3. The number of rotatable bonds is 8. The van der Waals surface area contributed by atoms with Crippen molar-refractivity contribution in [2.24, 2.45) is 10.9 Å². The van der Waals surface area contributed by atoms with Crippen molar-refractivity contribution in [1.82, 2.24) is 19.6 Å². The van der Waals surface area contributed by atoms with Crippen LogP contribution in [0.4, 0.5) is 18.0 Å². The minimum atomic E-state index is -4.63. The Kier molecular flexibility index (Phi) is 11.3. The first-order chi connectivity index (χ1) is 24.8. The molecule has 3 aliphatic rings. The lowest BCUT2D eigenvalue weighted by molar-refractivity contribution is -0.145. The number of hydrogen-bond donors (Lipinski definition) is 1. The van der Waals surface area contributed by atoms with E-state index in [-0.39, 0.29) is 62.4 Å². The van der Waals surface area contributed by atoms with Gasteiger partial charge in [0, 0.05) is 42.8 Å². The number of hydrogen-bond acceptors (Lipinski definition) is 6. The van der Waals surface area contributed by atoms with Gasteiger partial charge in [-0.3, -0.25) is 24.4 Å². The van der Waals surface area contributed by atoms with Crippen LogP contribution in [-0.2, 0) is 15.8 Å². The smallest absolute Gasteiger partial charge is 0.416 e. The molecule has 3 atom stereocenters. The van der Waals surface area contributed by atoms with Gasteiger partial charge in [-0.25, -0.2) is 4.79 Å². The van der Waals surface area contributed by atoms with Gasteiger partial charge >= 0.3 is 18.2 Å². The Hall–Kier alpha value is -4.33. The summed E-state index contributed by atoms with van der Waals surface area (Å²) in [5.41, 5.74) is 0.730. The quantitative estimate of drug-likeness (QED) is 0.265. The number of piperidine rings is 1. The summed E-state index contributed by atoms with van der Waals surface area (Å²) in [6, 6.07) is 15.3. The van der Waals surface area contributed by atoms with E-state index >= 15 is 0 Å². The third-order valence-corrected chi connectivity index (χ3v) is 10.2. The molecule has 0 aromatic heterocycles. The molecule has 3 aliphatic heterocycles. The van der Waals surface area contributed by atoms with Crippen LogP contribution in [0.3, 0.4) is 0 Å². The zero-order chi connectivity index (χ0) is 37.2. The SMILES string of the molecule is CCOc1cc(C(F)(F)F)ccc1C1=NC(c2ccc(Cl)cc2)C(c2ccc(Cl)cc2)N1C(=O)N1CCN(C(=O)CN2CCCC(C(=O)O)C2)CC1. The first kappa shape index (κ1) is 37.4. The van der Waals surface area contributed by atoms with E-state index in [2.05, 4.69) is 0 Å². The van der Waals surface area contributed by atoms with Crippen molar-refractivity contribution in [3.05, 3.63) is 99.0 Å².